The maximum Gasteiger partial charge on any atom is 0.322 e. The molecule has 1 fully saturated rings. The van der Waals surface area contributed by atoms with Gasteiger partial charge < -0.3 is 5.11 Å². The van der Waals surface area contributed by atoms with Gasteiger partial charge in [-0.1, -0.05) is 23.2 Å². The van der Waals surface area contributed by atoms with Gasteiger partial charge in [-0.25, -0.2) is 8.78 Å². The molecule has 3 nitrogen and oxygen atoms in total. The SMILES string of the molecule is O=C(O)C1(c2ncc(Cl)cc2Cl)CC1(F)F. The molecule has 1 aromatic heterocycles. The summed E-state index contributed by atoms with van der Waals surface area (Å²) in [6.07, 6.45) is 0.311. The van der Waals surface area contributed by atoms with Crippen LogP contribution in [0.3, 0.4) is 0 Å². The molecule has 0 aromatic carbocycles. The predicted octanol–water partition coefficient (Wildman–Crippen LogP) is 2.75. The summed E-state index contributed by atoms with van der Waals surface area (Å²) >= 11 is 11.2. The third-order valence-corrected chi connectivity index (χ3v) is 3.06. The second-order valence-corrected chi connectivity index (χ2v) is 4.42. The van der Waals surface area contributed by atoms with Crippen LogP contribution in [-0.2, 0) is 10.2 Å². The molecule has 1 heterocycles. The van der Waals surface area contributed by atoms with E-state index in [0.29, 0.717) is 0 Å². The largest absolute Gasteiger partial charge is 0.480 e. The quantitative estimate of drug-likeness (QED) is 0.897. The molecule has 0 amide bonds. The van der Waals surface area contributed by atoms with Crippen molar-refractivity contribution in [3.63, 3.8) is 0 Å². The molecule has 1 aromatic rings. The Balaban J connectivity index is 2.56. The van der Waals surface area contributed by atoms with Gasteiger partial charge in [0.25, 0.3) is 5.92 Å². The highest BCUT2D eigenvalue weighted by Crippen LogP contribution is 2.62. The van der Waals surface area contributed by atoms with E-state index in [1.807, 2.05) is 0 Å². The summed E-state index contributed by atoms with van der Waals surface area (Å²) < 4.78 is 26.3. The van der Waals surface area contributed by atoms with E-state index in [-0.39, 0.29) is 15.7 Å². The zero-order chi connectivity index (χ0) is 12.1. The number of halogens is 4. The molecule has 0 spiro atoms. The number of hydrogen-bond acceptors (Lipinski definition) is 2. The van der Waals surface area contributed by atoms with Crippen LogP contribution in [0.4, 0.5) is 8.78 Å². The number of carboxylic acid groups (broad SMARTS) is 1. The summed E-state index contributed by atoms with van der Waals surface area (Å²) in [7, 11) is 0. The Hall–Kier alpha value is -0.940. The first-order chi connectivity index (χ1) is 7.31. The van der Waals surface area contributed by atoms with Gasteiger partial charge >= 0.3 is 5.97 Å². The Bertz CT molecular complexity index is 481. The van der Waals surface area contributed by atoms with Gasteiger partial charge in [0.05, 0.1) is 15.7 Å². The first kappa shape index (κ1) is 11.5. The number of hydrogen-bond donors (Lipinski definition) is 1. The summed E-state index contributed by atoms with van der Waals surface area (Å²) in [6.45, 7) is 0. The highest BCUT2D eigenvalue weighted by atomic mass is 35.5. The summed E-state index contributed by atoms with van der Waals surface area (Å²) in [5, 5.41) is 8.88. The van der Waals surface area contributed by atoms with Gasteiger partial charge in [0.1, 0.15) is 0 Å². The van der Waals surface area contributed by atoms with E-state index < -0.39 is 23.7 Å². The van der Waals surface area contributed by atoms with Gasteiger partial charge in [-0.05, 0) is 6.07 Å². The molecule has 7 heteroatoms. The van der Waals surface area contributed by atoms with Gasteiger partial charge in [0.15, 0.2) is 5.41 Å². The van der Waals surface area contributed by atoms with E-state index in [0.717, 1.165) is 6.20 Å². The van der Waals surface area contributed by atoms with Gasteiger partial charge in [0, 0.05) is 12.6 Å². The third kappa shape index (κ3) is 1.38. The molecule has 1 atom stereocenters. The number of rotatable bonds is 2. The van der Waals surface area contributed by atoms with Crippen LogP contribution in [0.5, 0.6) is 0 Å². The number of aliphatic carboxylic acids is 1. The van der Waals surface area contributed by atoms with Gasteiger partial charge in [-0.2, -0.15) is 0 Å². The highest BCUT2D eigenvalue weighted by Gasteiger charge is 2.79. The minimum atomic E-state index is -3.32. The van der Waals surface area contributed by atoms with Crippen molar-refractivity contribution in [1.82, 2.24) is 4.98 Å². The standard InChI is InChI=1S/C9H5Cl2F2NO2/c10-4-1-5(11)6(14-2-4)8(7(15)16)3-9(8,12)13/h1-2H,3H2,(H,15,16). The van der Waals surface area contributed by atoms with E-state index >= 15 is 0 Å². The van der Waals surface area contributed by atoms with Crippen molar-refractivity contribution in [3.05, 3.63) is 28.0 Å². The second-order valence-electron chi connectivity index (χ2n) is 3.58. The van der Waals surface area contributed by atoms with Crippen molar-refractivity contribution < 1.29 is 18.7 Å². The first-order valence-corrected chi connectivity index (χ1v) is 4.99. The number of nitrogens with zero attached hydrogens (tertiary/aromatic N) is 1. The number of alkyl halides is 2. The zero-order valence-electron chi connectivity index (χ0n) is 7.68. The number of carboxylic acids is 1. The lowest BCUT2D eigenvalue weighted by Crippen LogP contribution is -2.28. The summed E-state index contributed by atoms with van der Waals surface area (Å²) in [4.78, 5) is 14.5. The molecule has 1 N–H and O–H groups in total. The molecule has 86 valence electrons. The monoisotopic (exact) mass is 267 g/mol. The maximum atomic E-state index is 13.2. The van der Waals surface area contributed by atoms with Crippen LogP contribution >= 0.6 is 23.2 Å². The molecular formula is C9H5Cl2F2NO2. The average molecular weight is 268 g/mol. The van der Waals surface area contributed by atoms with Crippen molar-refractivity contribution in [2.24, 2.45) is 0 Å². The van der Waals surface area contributed by atoms with Crippen molar-refractivity contribution in [2.75, 3.05) is 0 Å². The van der Waals surface area contributed by atoms with Crippen LogP contribution in [0.25, 0.3) is 0 Å². The molecule has 0 saturated heterocycles. The van der Waals surface area contributed by atoms with Crippen LogP contribution in [0, 0.1) is 0 Å². The topological polar surface area (TPSA) is 50.2 Å². The van der Waals surface area contributed by atoms with Crippen molar-refractivity contribution >= 4 is 29.2 Å². The van der Waals surface area contributed by atoms with Crippen molar-refractivity contribution in [1.29, 1.82) is 0 Å². The molecule has 0 aliphatic heterocycles. The molecular weight excluding hydrogens is 263 g/mol. The second kappa shape index (κ2) is 3.28. The highest BCUT2D eigenvalue weighted by molar-refractivity contribution is 6.35. The molecule has 1 unspecified atom stereocenters. The molecule has 0 radical (unpaired) electrons. The number of carbonyl (C=O) groups is 1. The Morgan fingerprint density at radius 1 is 1.50 bits per heavy atom. The number of pyridine rings is 1. The van der Waals surface area contributed by atoms with Crippen molar-refractivity contribution in [3.8, 4) is 0 Å². The minimum absolute atomic E-state index is 0.160. The van der Waals surface area contributed by atoms with E-state index in [1.165, 1.54) is 6.07 Å². The molecule has 0 bridgehead atoms. The molecule has 1 saturated carbocycles. The van der Waals surface area contributed by atoms with Crippen LogP contribution < -0.4 is 0 Å². The third-order valence-electron chi connectivity index (χ3n) is 2.56. The molecule has 1 aliphatic carbocycles. The lowest BCUT2D eigenvalue weighted by Gasteiger charge is -2.12. The molecule has 2 rings (SSSR count). The zero-order valence-corrected chi connectivity index (χ0v) is 9.19. The molecule has 16 heavy (non-hydrogen) atoms. The fraction of sp³-hybridized carbons (Fsp3) is 0.333. The predicted molar refractivity (Wildman–Crippen MR) is 53.1 cm³/mol. The summed E-state index contributed by atoms with van der Waals surface area (Å²) in [5.74, 6) is -4.95. The lowest BCUT2D eigenvalue weighted by atomic mass is 10.0. The van der Waals surface area contributed by atoms with E-state index in [4.69, 9.17) is 28.3 Å². The number of aromatic nitrogens is 1. The fourth-order valence-electron chi connectivity index (χ4n) is 1.61. The summed E-state index contributed by atoms with van der Waals surface area (Å²) in [5.41, 5.74) is -2.63. The Morgan fingerprint density at radius 2 is 2.06 bits per heavy atom. The van der Waals surface area contributed by atoms with E-state index in [2.05, 4.69) is 4.98 Å². The van der Waals surface area contributed by atoms with E-state index in [1.54, 1.807) is 0 Å². The van der Waals surface area contributed by atoms with Gasteiger partial charge in [-0.3, -0.25) is 9.78 Å². The van der Waals surface area contributed by atoms with Crippen LogP contribution in [0.1, 0.15) is 12.1 Å². The smallest absolute Gasteiger partial charge is 0.322 e. The van der Waals surface area contributed by atoms with Gasteiger partial charge in [-0.15, -0.1) is 0 Å². The Labute approximate surface area is 99.0 Å². The lowest BCUT2D eigenvalue weighted by molar-refractivity contribution is -0.143. The van der Waals surface area contributed by atoms with Crippen LogP contribution in [0.15, 0.2) is 12.3 Å². The normalized spacial score (nSPS) is 26.5. The fourth-order valence-corrected chi connectivity index (χ4v) is 2.15. The Morgan fingerprint density at radius 3 is 2.44 bits per heavy atom. The van der Waals surface area contributed by atoms with Crippen LogP contribution in [0.2, 0.25) is 10.0 Å². The maximum absolute atomic E-state index is 13.2. The minimum Gasteiger partial charge on any atom is -0.480 e. The molecule has 1 aliphatic rings. The van der Waals surface area contributed by atoms with Gasteiger partial charge in [0.2, 0.25) is 0 Å². The van der Waals surface area contributed by atoms with Crippen LogP contribution in [-0.4, -0.2) is 22.0 Å². The average Bonchev–Trinajstić information content (AvgIpc) is 2.70. The Kier molecular flexibility index (Phi) is 2.36. The first-order valence-electron chi connectivity index (χ1n) is 4.24. The van der Waals surface area contributed by atoms with Crippen molar-refractivity contribution in [2.45, 2.75) is 17.8 Å². The summed E-state index contributed by atoms with van der Waals surface area (Å²) in [6, 6.07) is 1.20. The van der Waals surface area contributed by atoms with E-state index in [9.17, 15) is 13.6 Å².